The van der Waals surface area contributed by atoms with Gasteiger partial charge in [-0.2, -0.15) is 15.0 Å². The van der Waals surface area contributed by atoms with E-state index in [4.69, 9.17) is 0 Å². The topological polar surface area (TPSA) is 74.8 Å². The summed E-state index contributed by atoms with van der Waals surface area (Å²) in [6.45, 7) is 1.83. The van der Waals surface area contributed by atoms with Crippen molar-refractivity contribution in [2.24, 2.45) is 0 Å². The van der Waals surface area contributed by atoms with Crippen LogP contribution in [0.3, 0.4) is 0 Å². The van der Waals surface area contributed by atoms with E-state index in [9.17, 15) is 0 Å². The Hall–Kier alpha value is -1.37. The largest absolute Gasteiger partial charge is 0.386 e. The highest BCUT2D eigenvalue weighted by Crippen LogP contribution is 2.02. The number of hydrogen-bond acceptors (Lipinski definition) is 6. The van der Waals surface area contributed by atoms with Gasteiger partial charge in [-0.25, -0.2) is 0 Å². The van der Waals surface area contributed by atoms with Gasteiger partial charge in [0.05, 0.1) is 0 Å². The molecule has 0 aliphatic heterocycles. The molecule has 0 radical (unpaired) electrons. The van der Waals surface area contributed by atoms with E-state index in [0.29, 0.717) is 25.3 Å². The average molecular weight is 180 g/mol. The molecule has 0 spiro atoms. The Balaban J connectivity index is 2.76. The molecular weight excluding hydrogens is 167 g/mol. The van der Waals surface area contributed by atoms with Gasteiger partial charge in [0.25, 0.3) is 0 Å². The monoisotopic (exact) mass is 180 g/mol. The van der Waals surface area contributed by atoms with E-state index in [1.807, 2.05) is 14.0 Å². The smallest absolute Gasteiger partial charge is 0.320 e. The highest BCUT2D eigenvalue weighted by molar-refractivity contribution is 6.36. The van der Waals surface area contributed by atoms with Crippen molar-refractivity contribution in [1.82, 2.24) is 20.2 Å². The third-order valence-corrected chi connectivity index (χ3v) is 1.39. The molecule has 70 valence electrons. The zero-order chi connectivity index (χ0) is 9.68. The standard InChI is InChI=1S/C6H13BN6/c1-4-10-5(8-2)12-6(11-4)13-7-9-3/h7,9H,1-3H3,(H2,8,10,11,12,13). The first kappa shape index (κ1) is 9.72. The molecular formula is C6H13BN6. The number of aryl methyl sites for hydroxylation is 1. The van der Waals surface area contributed by atoms with Crippen LogP contribution in [0.1, 0.15) is 5.82 Å². The maximum absolute atomic E-state index is 4.11. The second-order valence-electron chi connectivity index (χ2n) is 2.49. The van der Waals surface area contributed by atoms with Gasteiger partial charge in [0, 0.05) is 7.05 Å². The Kier molecular flexibility index (Phi) is 3.45. The van der Waals surface area contributed by atoms with E-state index >= 15 is 0 Å². The summed E-state index contributed by atoms with van der Waals surface area (Å²) in [6, 6.07) is 0. The maximum atomic E-state index is 4.11. The Morgan fingerprint density at radius 1 is 1.08 bits per heavy atom. The van der Waals surface area contributed by atoms with Crippen LogP contribution in [0.4, 0.5) is 11.9 Å². The minimum absolute atomic E-state index is 0.575. The Bertz CT molecular complexity index is 278. The summed E-state index contributed by atoms with van der Waals surface area (Å²) in [6.07, 6.45) is 0. The molecule has 1 aromatic rings. The van der Waals surface area contributed by atoms with Crippen LogP contribution in [-0.4, -0.2) is 36.6 Å². The quantitative estimate of drug-likeness (QED) is 0.522. The highest BCUT2D eigenvalue weighted by Gasteiger charge is 2.00. The first-order valence-electron chi connectivity index (χ1n) is 4.05. The molecule has 0 aliphatic rings. The summed E-state index contributed by atoms with van der Waals surface area (Å²) in [5, 5.41) is 8.80. The second kappa shape index (κ2) is 4.61. The molecule has 0 atom stereocenters. The number of nitrogens with zero attached hydrogens (tertiary/aromatic N) is 3. The summed E-state index contributed by atoms with van der Waals surface area (Å²) < 4.78 is 0. The zero-order valence-corrected chi connectivity index (χ0v) is 8.05. The van der Waals surface area contributed by atoms with Gasteiger partial charge in [0.15, 0.2) is 0 Å². The first-order chi connectivity index (χ1) is 6.26. The van der Waals surface area contributed by atoms with Gasteiger partial charge in [0.2, 0.25) is 11.9 Å². The minimum Gasteiger partial charge on any atom is -0.386 e. The van der Waals surface area contributed by atoms with E-state index in [0.717, 1.165) is 0 Å². The van der Waals surface area contributed by atoms with Gasteiger partial charge >= 0.3 is 7.55 Å². The summed E-state index contributed by atoms with van der Waals surface area (Å²) in [5.74, 6) is 1.84. The molecule has 0 unspecified atom stereocenters. The molecule has 0 amide bonds. The molecule has 0 fully saturated rings. The van der Waals surface area contributed by atoms with Crippen molar-refractivity contribution >= 4 is 19.4 Å². The van der Waals surface area contributed by atoms with Crippen LogP contribution >= 0.6 is 0 Å². The lowest BCUT2D eigenvalue weighted by molar-refractivity contribution is 0.987. The van der Waals surface area contributed by atoms with E-state index < -0.39 is 0 Å². The third kappa shape index (κ3) is 2.87. The first-order valence-corrected chi connectivity index (χ1v) is 4.05. The fourth-order valence-electron chi connectivity index (χ4n) is 0.840. The summed E-state index contributed by atoms with van der Waals surface area (Å²) in [4.78, 5) is 12.3. The number of hydrogen-bond donors (Lipinski definition) is 3. The van der Waals surface area contributed by atoms with Gasteiger partial charge in [0.1, 0.15) is 5.82 Å². The predicted molar refractivity (Wildman–Crippen MR) is 53.9 cm³/mol. The normalized spacial score (nSPS) is 9.46. The molecule has 0 bridgehead atoms. The molecule has 7 heteroatoms. The molecule has 1 rings (SSSR count). The Morgan fingerprint density at radius 3 is 2.38 bits per heavy atom. The average Bonchev–Trinajstić information content (AvgIpc) is 2.14. The van der Waals surface area contributed by atoms with E-state index in [2.05, 4.69) is 30.7 Å². The molecule has 1 heterocycles. The van der Waals surface area contributed by atoms with Crippen molar-refractivity contribution in [2.75, 3.05) is 24.6 Å². The van der Waals surface area contributed by atoms with Gasteiger partial charge in [-0.1, -0.05) is 0 Å². The number of anilines is 2. The summed E-state index contributed by atoms with van der Waals surface area (Å²) in [5.41, 5.74) is 0. The Morgan fingerprint density at radius 2 is 1.77 bits per heavy atom. The maximum Gasteiger partial charge on any atom is 0.320 e. The van der Waals surface area contributed by atoms with Crippen molar-refractivity contribution in [1.29, 1.82) is 0 Å². The summed E-state index contributed by atoms with van der Waals surface area (Å²) in [7, 11) is 4.25. The van der Waals surface area contributed by atoms with Crippen molar-refractivity contribution in [3.63, 3.8) is 0 Å². The molecule has 0 aliphatic carbocycles. The predicted octanol–water partition coefficient (Wildman–Crippen LogP) is -0.880. The van der Waals surface area contributed by atoms with Crippen molar-refractivity contribution in [3.05, 3.63) is 5.82 Å². The fourth-order valence-corrected chi connectivity index (χ4v) is 0.840. The minimum atomic E-state index is 0.575. The van der Waals surface area contributed by atoms with E-state index in [-0.39, 0.29) is 0 Å². The number of rotatable bonds is 4. The lowest BCUT2D eigenvalue weighted by Crippen LogP contribution is -2.23. The molecule has 0 aromatic carbocycles. The van der Waals surface area contributed by atoms with Crippen molar-refractivity contribution in [2.45, 2.75) is 6.92 Å². The fraction of sp³-hybridized carbons (Fsp3) is 0.500. The van der Waals surface area contributed by atoms with Gasteiger partial charge in [-0.3, -0.25) is 0 Å². The van der Waals surface area contributed by atoms with Crippen LogP contribution in [0.5, 0.6) is 0 Å². The SMILES string of the molecule is CNBNc1nc(C)nc(NC)n1. The number of aromatic nitrogens is 3. The highest BCUT2D eigenvalue weighted by atomic mass is 15.2. The summed E-state index contributed by atoms with van der Waals surface area (Å²) >= 11 is 0. The molecule has 13 heavy (non-hydrogen) atoms. The molecule has 6 nitrogen and oxygen atoms in total. The van der Waals surface area contributed by atoms with Crippen LogP contribution in [0, 0.1) is 6.92 Å². The molecule has 0 saturated carbocycles. The zero-order valence-electron chi connectivity index (χ0n) is 8.05. The van der Waals surface area contributed by atoms with E-state index in [1.165, 1.54) is 0 Å². The second-order valence-corrected chi connectivity index (χ2v) is 2.49. The lowest BCUT2D eigenvalue weighted by Gasteiger charge is -2.04. The third-order valence-electron chi connectivity index (χ3n) is 1.39. The van der Waals surface area contributed by atoms with Gasteiger partial charge in [-0.05, 0) is 14.0 Å². The van der Waals surface area contributed by atoms with E-state index in [1.54, 1.807) is 7.05 Å². The van der Waals surface area contributed by atoms with Crippen molar-refractivity contribution in [3.8, 4) is 0 Å². The van der Waals surface area contributed by atoms with Crippen LogP contribution < -0.4 is 15.8 Å². The molecule has 0 saturated heterocycles. The van der Waals surface area contributed by atoms with Crippen LogP contribution in [0.2, 0.25) is 0 Å². The van der Waals surface area contributed by atoms with Crippen LogP contribution in [-0.2, 0) is 0 Å². The van der Waals surface area contributed by atoms with Crippen LogP contribution in [0.15, 0.2) is 0 Å². The molecule has 3 N–H and O–H groups in total. The van der Waals surface area contributed by atoms with Gasteiger partial charge in [-0.15, -0.1) is 0 Å². The van der Waals surface area contributed by atoms with Gasteiger partial charge < -0.3 is 15.8 Å². The van der Waals surface area contributed by atoms with Crippen molar-refractivity contribution < 1.29 is 0 Å². The molecule has 1 aromatic heterocycles. The number of nitrogens with one attached hydrogen (secondary N) is 3. The Labute approximate surface area is 77.9 Å². The lowest BCUT2D eigenvalue weighted by atomic mass is 10.2. The van der Waals surface area contributed by atoms with Crippen LogP contribution in [0.25, 0.3) is 0 Å².